The summed E-state index contributed by atoms with van der Waals surface area (Å²) >= 11 is 0. The van der Waals surface area contributed by atoms with E-state index in [0.717, 1.165) is 36.0 Å². The lowest BCUT2D eigenvalue weighted by Crippen LogP contribution is -2.30. The van der Waals surface area contributed by atoms with E-state index in [0.29, 0.717) is 5.92 Å². The average molecular weight is 424 g/mol. The molecule has 31 heavy (non-hydrogen) atoms. The van der Waals surface area contributed by atoms with Gasteiger partial charge in [-0.3, -0.25) is 4.98 Å². The minimum absolute atomic E-state index is 0.531. The van der Waals surface area contributed by atoms with Gasteiger partial charge in [0.25, 0.3) is 0 Å². The van der Waals surface area contributed by atoms with Crippen LogP contribution in [0.5, 0.6) is 0 Å². The summed E-state index contributed by atoms with van der Waals surface area (Å²) in [5.41, 5.74) is 2.80. The van der Waals surface area contributed by atoms with E-state index in [1.807, 2.05) is 40.1 Å². The fourth-order valence-corrected chi connectivity index (χ4v) is 3.41. The first-order chi connectivity index (χ1) is 15.2. The number of fused-ring (bicyclic) bond motifs is 1. The number of nitrogens with zero attached hydrogens (tertiary/aromatic N) is 5. The van der Waals surface area contributed by atoms with Crippen LogP contribution >= 0.6 is 0 Å². The van der Waals surface area contributed by atoms with E-state index in [-0.39, 0.29) is 0 Å². The molecule has 3 aromatic heterocycles. The molecular weight excluding hydrogens is 386 g/mol. The summed E-state index contributed by atoms with van der Waals surface area (Å²) in [5.74, 6) is 1.65. The molecule has 0 amide bonds. The molecule has 1 fully saturated rings. The highest BCUT2D eigenvalue weighted by atomic mass is 16.2. The molecule has 0 bridgehead atoms. The summed E-state index contributed by atoms with van der Waals surface area (Å²) in [6, 6.07) is 0. The molecule has 3 heterocycles. The zero-order valence-corrected chi connectivity index (χ0v) is 19.8. The highest BCUT2D eigenvalue weighted by molar-refractivity contribution is 5.66. The van der Waals surface area contributed by atoms with Crippen molar-refractivity contribution in [2.75, 3.05) is 7.11 Å². The highest BCUT2D eigenvalue weighted by Gasteiger charge is 2.26. The maximum Gasteiger partial charge on any atom is 0.197 e. The SMILES string of the molecule is C/C=c1/c(Cn2c(C3CCC3)nc3nccnc32)cnc/c1=C/C.C=CC.CC.CO. The van der Waals surface area contributed by atoms with Crippen molar-refractivity contribution in [1.82, 2.24) is 24.5 Å². The average Bonchev–Trinajstić information content (AvgIpc) is 3.13. The van der Waals surface area contributed by atoms with E-state index < -0.39 is 0 Å². The fraction of sp³-hybridized carbons (Fsp3) is 0.440. The van der Waals surface area contributed by atoms with Crippen LogP contribution < -0.4 is 10.4 Å². The number of aliphatic hydroxyl groups is 1. The van der Waals surface area contributed by atoms with Crippen molar-refractivity contribution in [3.63, 3.8) is 0 Å². The lowest BCUT2D eigenvalue weighted by Gasteiger charge is -2.25. The monoisotopic (exact) mass is 423 g/mol. The van der Waals surface area contributed by atoms with E-state index in [1.54, 1.807) is 18.5 Å². The Morgan fingerprint density at radius 3 is 2.26 bits per heavy atom. The fourth-order valence-electron chi connectivity index (χ4n) is 3.41. The quantitative estimate of drug-likeness (QED) is 0.645. The molecule has 1 aliphatic rings. The molecular formula is C25H37N5O. The Hall–Kier alpha value is -2.86. The van der Waals surface area contributed by atoms with Crippen LogP contribution in [0, 0.1) is 0 Å². The second-order valence-corrected chi connectivity index (χ2v) is 6.67. The Labute approximate surface area is 186 Å². The van der Waals surface area contributed by atoms with Crippen LogP contribution in [0.2, 0.25) is 0 Å². The van der Waals surface area contributed by atoms with E-state index in [1.165, 1.54) is 30.0 Å². The van der Waals surface area contributed by atoms with Gasteiger partial charge in [-0.05, 0) is 49.6 Å². The zero-order valence-electron chi connectivity index (χ0n) is 19.8. The maximum absolute atomic E-state index is 7.00. The molecule has 0 unspecified atom stereocenters. The van der Waals surface area contributed by atoms with Gasteiger partial charge in [-0.2, -0.15) is 0 Å². The van der Waals surface area contributed by atoms with Crippen LogP contribution in [0.3, 0.4) is 0 Å². The van der Waals surface area contributed by atoms with Crippen molar-refractivity contribution >= 4 is 23.4 Å². The number of allylic oxidation sites excluding steroid dienone is 1. The summed E-state index contributed by atoms with van der Waals surface area (Å²) in [6.07, 6.45) is 17.0. The molecule has 6 heteroatoms. The standard InChI is InChI=1S/C19H21N5.C3H6.C2H6.CH4O/c1-3-13-10-20-11-15(16(13)4-2)12-24-18(14-6-5-7-14)23-17-19(24)22-9-8-21-17;1-3-2;2*1-2/h3-4,8-11,14H,5-7,12H2,1-2H3;3H,1H2,2H3;1-2H3;2H,1H3/b13-3-,16-4+;;;. The molecule has 1 aliphatic carbocycles. The molecule has 4 rings (SSSR count). The topological polar surface area (TPSA) is 76.7 Å². The van der Waals surface area contributed by atoms with Crippen LogP contribution in [-0.4, -0.2) is 36.7 Å². The van der Waals surface area contributed by atoms with Gasteiger partial charge in [-0.25, -0.2) is 15.0 Å². The number of imidazole rings is 1. The summed E-state index contributed by atoms with van der Waals surface area (Å²) in [7, 11) is 1.00. The second kappa shape index (κ2) is 14.2. The van der Waals surface area contributed by atoms with Crippen molar-refractivity contribution in [2.24, 2.45) is 0 Å². The molecule has 0 atom stereocenters. The van der Waals surface area contributed by atoms with E-state index in [4.69, 9.17) is 10.1 Å². The summed E-state index contributed by atoms with van der Waals surface area (Å²) in [4.78, 5) is 18.1. The van der Waals surface area contributed by atoms with Crippen molar-refractivity contribution < 1.29 is 5.11 Å². The first-order valence-electron chi connectivity index (χ1n) is 11.0. The Morgan fingerprint density at radius 2 is 1.71 bits per heavy atom. The van der Waals surface area contributed by atoms with Gasteiger partial charge in [0, 0.05) is 37.8 Å². The third-order valence-corrected chi connectivity index (χ3v) is 4.91. The third kappa shape index (κ3) is 6.31. The van der Waals surface area contributed by atoms with E-state index in [2.05, 4.69) is 45.2 Å². The van der Waals surface area contributed by atoms with Crippen molar-refractivity contribution in [3.8, 4) is 0 Å². The molecule has 1 saturated carbocycles. The van der Waals surface area contributed by atoms with Crippen LogP contribution in [0.1, 0.15) is 71.2 Å². The number of hydrogen-bond donors (Lipinski definition) is 1. The molecule has 0 aromatic carbocycles. The minimum atomic E-state index is 0.531. The van der Waals surface area contributed by atoms with Crippen molar-refractivity contribution in [1.29, 1.82) is 0 Å². The van der Waals surface area contributed by atoms with E-state index in [9.17, 15) is 0 Å². The minimum Gasteiger partial charge on any atom is -0.400 e. The largest absolute Gasteiger partial charge is 0.400 e. The van der Waals surface area contributed by atoms with E-state index >= 15 is 0 Å². The summed E-state index contributed by atoms with van der Waals surface area (Å²) in [5, 5.41) is 9.40. The summed E-state index contributed by atoms with van der Waals surface area (Å²) < 4.78 is 2.23. The molecule has 168 valence electrons. The third-order valence-electron chi connectivity index (χ3n) is 4.91. The number of hydrogen-bond acceptors (Lipinski definition) is 5. The number of aromatic nitrogens is 5. The van der Waals surface area contributed by atoms with Crippen molar-refractivity contribution in [3.05, 3.63) is 59.3 Å². The van der Waals surface area contributed by atoms with Gasteiger partial charge in [0.1, 0.15) is 5.82 Å². The number of aliphatic hydroxyl groups excluding tert-OH is 1. The predicted octanol–water partition coefficient (Wildman–Crippen LogP) is 3.96. The Balaban J connectivity index is 0.000000620. The predicted molar refractivity (Wildman–Crippen MR) is 130 cm³/mol. The Kier molecular flexibility index (Phi) is 12.0. The maximum atomic E-state index is 7.00. The second-order valence-electron chi connectivity index (χ2n) is 6.67. The normalized spacial score (nSPS) is 13.8. The Bertz CT molecular complexity index is 1050. The van der Waals surface area contributed by atoms with Gasteiger partial charge in [0.05, 0.1) is 6.54 Å². The van der Waals surface area contributed by atoms with Crippen LogP contribution in [-0.2, 0) is 6.54 Å². The molecule has 0 spiro atoms. The first kappa shape index (κ1) is 26.2. The van der Waals surface area contributed by atoms with Gasteiger partial charge >= 0.3 is 0 Å². The lowest BCUT2D eigenvalue weighted by atomic mass is 9.85. The molecule has 1 N–H and O–H groups in total. The van der Waals surface area contributed by atoms with Gasteiger partial charge in [0.2, 0.25) is 0 Å². The van der Waals surface area contributed by atoms with Crippen molar-refractivity contribution in [2.45, 2.75) is 66.3 Å². The summed E-state index contributed by atoms with van der Waals surface area (Å²) in [6.45, 7) is 14.1. The molecule has 0 aliphatic heterocycles. The zero-order chi connectivity index (χ0) is 23.2. The first-order valence-corrected chi connectivity index (χ1v) is 11.0. The van der Waals surface area contributed by atoms with Gasteiger partial charge in [0.15, 0.2) is 11.3 Å². The molecule has 0 radical (unpaired) electrons. The number of rotatable bonds is 3. The smallest absolute Gasteiger partial charge is 0.197 e. The van der Waals surface area contributed by atoms with Gasteiger partial charge in [-0.15, -0.1) is 6.58 Å². The number of pyridine rings is 1. The molecule has 0 saturated heterocycles. The van der Waals surface area contributed by atoms with Crippen LogP contribution in [0.15, 0.2) is 37.4 Å². The van der Waals surface area contributed by atoms with Crippen LogP contribution in [0.25, 0.3) is 23.4 Å². The lowest BCUT2D eigenvalue weighted by molar-refractivity contribution is 0.391. The highest BCUT2D eigenvalue weighted by Crippen LogP contribution is 2.36. The van der Waals surface area contributed by atoms with Crippen LogP contribution in [0.4, 0.5) is 0 Å². The molecule has 6 nitrogen and oxygen atoms in total. The van der Waals surface area contributed by atoms with Gasteiger partial charge < -0.3 is 9.67 Å². The van der Waals surface area contributed by atoms with Gasteiger partial charge in [-0.1, -0.05) is 38.5 Å². The Morgan fingerprint density at radius 1 is 1.06 bits per heavy atom. The molecule has 3 aromatic rings.